The van der Waals surface area contributed by atoms with Crippen LogP contribution in [0.2, 0.25) is 0 Å². The van der Waals surface area contributed by atoms with Gasteiger partial charge in [-0.15, -0.1) is 0 Å². The Hall–Kier alpha value is -1.71. The molecule has 4 rings (SSSR count). The lowest BCUT2D eigenvalue weighted by molar-refractivity contribution is 0.0949. The molecule has 0 bridgehead atoms. The molecule has 0 amide bonds. The molecule has 2 aliphatic rings. The van der Waals surface area contributed by atoms with Gasteiger partial charge in [0.2, 0.25) is 0 Å². The Morgan fingerprint density at radius 2 is 1.58 bits per heavy atom. The first-order chi connectivity index (χ1) is 11.8. The molecule has 126 valence electrons. The Labute approximate surface area is 143 Å². The zero-order valence-corrected chi connectivity index (χ0v) is 14.1. The van der Waals surface area contributed by atoms with Crippen molar-refractivity contribution in [2.24, 2.45) is 0 Å². The van der Waals surface area contributed by atoms with Gasteiger partial charge < -0.3 is 0 Å². The van der Waals surface area contributed by atoms with Crippen molar-refractivity contribution in [3.63, 3.8) is 0 Å². The molecule has 1 saturated heterocycles. The highest BCUT2D eigenvalue weighted by Crippen LogP contribution is 2.25. The predicted molar refractivity (Wildman–Crippen MR) is 95.3 cm³/mol. The second-order valence-electron chi connectivity index (χ2n) is 7.12. The molecule has 2 heterocycles. The first-order valence-corrected chi connectivity index (χ1v) is 9.05. The smallest absolute Gasteiger partial charge is 0.123 e. The van der Waals surface area contributed by atoms with E-state index in [1.807, 2.05) is 12.1 Å². The second-order valence-corrected chi connectivity index (χ2v) is 7.12. The summed E-state index contributed by atoms with van der Waals surface area (Å²) in [5.41, 5.74) is 4.25. The third kappa shape index (κ3) is 3.52. The minimum Gasteiger partial charge on any atom is -0.299 e. The van der Waals surface area contributed by atoms with Gasteiger partial charge in [0.05, 0.1) is 0 Å². The highest BCUT2D eigenvalue weighted by molar-refractivity contribution is 5.29. The Morgan fingerprint density at radius 1 is 0.875 bits per heavy atom. The Bertz CT molecular complexity index is 674. The molecule has 3 heteroatoms. The molecule has 24 heavy (non-hydrogen) atoms. The van der Waals surface area contributed by atoms with Crippen molar-refractivity contribution in [2.75, 3.05) is 19.6 Å². The van der Waals surface area contributed by atoms with Crippen molar-refractivity contribution in [3.05, 3.63) is 71.0 Å². The van der Waals surface area contributed by atoms with E-state index in [9.17, 15) is 4.39 Å². The van der Waals surface area contributed by atoms with Gasteiger partial charge in [-0.3, -0.25) is 9.80 Å². The predicted octanol–water partition coefficient (Wildman–Crippen LogP) is 3.85. The van der Waals surface area contributed by atoms with Crippen LogP contribution in [0.5, 0.6) is 0 Å². The molecule has 0 N–H and O–H groups in total. The van der Waals surface area contributed by atoms with Gasteiger partial charge in [-0.2, -0.15) is 0 Å². The number of rotatable bonds is 3. The van der Waals surface area contributed by atoms with Crippen LogP contribution in [0.25, 0.3) is 0 Å². The fourth-order valence-electron chi connectivity index (χ4n) is 4.12. The van der Waals surface area contributed by atoms with E-state index in [1.165, 1.54) is 42.5 Å². The quantitative estimate of drug-likeness (QED) is 0.846. The summed E-state index contributed by atoms with van der Waals surface area (Å²) in [4.78, 5) is 5.18. The molecule has 0 aromatic heterocycles. The first kappa shape index (κ1) is 15.8. The van der Waals surface area contributed by atoms with Crippen LogP contribution in [0.3, 0.4) is 0 Å². The fourth-order valence-corrected chi connectivity index (χ4v) is 4.12. The molecule has 2 nitrogen and oxygen atoms in total. The zero-order valence-electron chi connectivity index (χ0n) is 14.1. The maximum Gasteiger partial charge on any atom is 0.123 e. The molecule has 2 aromatic carbocycles. The van der Waals surface area contributed by atoms with Crippen molar-refractivity contribution in [3.8, 4) is 0 Å². The van der Waals surface area contributed by atoms with E-state index in [2.05, 4.69) is 34.1 Å². The van der Waals surface area contributed by atoms with Crippen LogP contribution in [0.4, 0.5) is 4.39 Å². The van der Waals surface area contributed by atoms with E-state index >= 15 is 0 Å². The molecule has 2 aromatic rings. The van der Waals surface area contributed by atoms with Crippen LogP contribution in [0.1, 0.15) is 29.5 Å². The zero-order chi connectivity index (χ0) is 16.4. The van der Waals surface area contributed by atoms with Crippen molar-refractivity contribution < 1.29 is 4.39 Å². The van der Waals surface area contributed by atoms with E-state index in [1.54, 1.807) is 12.1 Å². The number of piperidine rings is 1. The van der Waals surface area contributed by atoms with Crippen molar-refractivity contribution >= 4 is 0 Å². The van der Waals surface area contributed by atoms with Gasteiger partial charge in [-0.05, 0) is 61.2 Å². The summed E-state index contributed by atoms with van der Waals surface area (Å²) in [6, 6.07) is 16.5. The second kappa shape index (κ2) is 7.04. The van der Waals surface area contributed by atoms with E-state index in [4.69, 9.17) is 0 Å². The van der Waals surface area contributed by atoms with Gasteiger partial charge in [0.15, 0.2) is 0 Å². The fraction of sp³-hybridized carbons (Fsp3) is 0.429. The van der Waals surface area contributed by atoms with Crippen molar-refractivity contribution in [1.29, 1.82) is 0 Å². The average Bonchev–Trinajstić information content (AvgIpc) is 2.64. The summed E-state index contributed by atoms with van der Waals surface area (Å²) < 4.78 is 13.0. The van der Waals surface area contributed by atoms with E-state index in [0.29, 0.717) is 6.04 Å². The summed E-state index contributed by atoms with van der Waals surface area (Å²) in [7, 11) is 0. The summed E-state index contributed by atoms with van der Waals surface area (Å²) in [5.74, 6) is -0.150. The Balaban J connectivity index is 1.31. The summed E-state index contributed by atoms with van der Waals surface area (Å²) >= 11 is 0. The molecular weight excluding hydrogens is 299 g/mol. The third-order valence-electron chi connectivity index (χ3n) is 5.55. The molecule has 0 spiro atoms. The van der Waals surface area contributed by atoms with Gasteiger partial charge in [0, 0.05) is 25.7 Å². The van der Waals surface area contributed by atoms with E-state index < -0.39 is 0 Å². The molecule has 0 saturated carbocycles. The molecule has 0 atom stereocenters. The number of benzene rings is 2. The molecule has 0 aliphatic carbocycles. The standard InChI is InChI=1S/C21H25FN2/c22-20-7-5-17(6-8-20)15-23-12-10-21(11-13-23)24-14-9-18-3-1-2-4-19(18)16-24/h1-8,21H,9-16H2. The monoisotopic (exact) mass is 324 g/mol. The average molecular weight is 324 g/mol. The van der Waals surface area contributed by atoms with Gasteiger partial charge in [-0.1, -0.05) is 36.4 Å². The van der Waals surface area contributed by atoms with Crippen LogP contribution >= 0.6 is 0 Å². The van der Waals surface area contributed by atoms with Crippen molar-refractivity contribution in [2.45, 2.75) is 38.4 Å². The number of hydrogen-bond acceptors (Lipinski definition) is 2. The third-order valence-corrected chi connectivity index (χ3v) is 5.55. The number of nitrogens with zero attached hydrogens (tertiary/aromatic N) is 2. The summed E-state index contributed by atoms with van der Waals surface area (Å²) in [6.07, 6.45) is 3.67. The van der Waals surface area contributed by atoms with Crippen LogP contribution in [-0.4, -0.2) is 35.5 Å². The summed E-state index contributed by atoms with van der Waals surface area (Å²) in [5, 5.41) is 0. The van der Waals surface area contributed by atoms with Gasteiger partial charge in [-0.25, -0.2) is 4.39 Å². The van der Waals surface area contributed by atoms with Crippen LogP contribution < -0.4 is 0 Å². The van der Waals surface area contributed by atoms with Gasteiger partial charge in [0.1, 0.15) is 5.82 Å². The van der Waals surface area contributed by atoms with E-state index in [-0.39, 0.29) is 5.82 Å². The molecule has 0 unspecified atom stereocenters. The van der Waals surface area contributed by atoms with Gasteiger partial charge >= 0.3 is 0 Å². The first-order valence-electron chi connectivity index (χ1n) is 9.05. The number of likely N-dealkylation sites (tertiary alicyclic amines) is 1. The largest absolute Gasteiger partial charge is 0.299 e. The van der Waals surface area contributed by atoms with Gasteiger partial charge in [0.25, 0.3) is 0 Å². The molecular formula is C21H25FN2. The molecule has 2 aliphatic heterocycles. The lowest BCUT2D eigenvalue weighted by atomic mass is 9.95. The highest BCUT2D eigenvalue weighted by atomic mass is 19.1. The Kier molecular flexibility index (Phi) is 4.63. The Morgan fingerprint density at radius 3 is 2.33 bits per heavy atom. The number of halogens is 1. The SMILES string of the molecule is Fc1ccc(CN2CCC(N3CCc4ccccc4C3)CC2)cc1. The normalized spacial score (nSPS) is 20.0. The molecule has 0 radical (unpaired) electrons. The number of fused-ring (bicyclic) bond motifs is 1. The number of hydrogen-bond donors (Lipinski definition) is 0. The maximum absolute atomic E-state index is 13.0. The minimum atomic E-state index is -0.150. The highest BCUT2D eigenvalue weighted by Gasteiger charge is 2.27. The topological polar surface area (TPSA) is 6.48 Å². The lowest BCUT2D eigenvalue weighted by Crippen LogP contribution is -2.46. The maximum atomic E-state index is 13.0. The van der Waals surface area contributed by atoms with Crippen LogP contribution in [0, 0.1) is 5.82 Å². The molecule has 1 fully saturated rings. The van der Waals surface area contributed by atoms with Crippen LogP contribution in [-0.2, 0) is 19.5 Å². The summed E-state index contributed by atoms with van der Waals surface area (Å²) in [6.45, 7) is 5.52. The lowest BCUT2D eigenvalue weighted by Gasteiger charge is -2.40. The van der Waals surface area contributed by atoms with Crippen LogP contribution in [0.15, 0.2) is 48.5 Å². The minimum absolute atomic E-state index is 0.150. The van der Waals surface area contributed by atoms with E-state index in [0.717, 1.165) is 26.2 Å². The van der Waals surface area contributed by atoms with Crippen molar-refractivity contribution in [1.82, 2.24) is 9.80 Å².